The number of fused-ring (bicyclic) bond motifs is 1. The topological polar surface area (TPSA) is 97.0 Å². The van der Waals surface area contributed by atoms with Gasteiger partial charge in [0.05, 0.1) is 27.3 Å². The lowest BCUT2D eigenvalue weighted by Gasteiger charge is -2.37. The molecule has 1 aliphatic carbocycles. The van der Waals surface area contributed by atoms with Crippen molar-refractivity contribution in [2.75, 3.05) is 23.3 Å². The molecule has 29 heavy (non-hydrogen) atoms. The number of nitrogens with one attached hydrogen (secondary N) is 1. The maximum absolute atomic E-state index is 12.9. The number of thiazole rings is 1. The minimum absolute atomic E-state index is 0.130. The SMILES string of the molecule is CC1CC(N)CN(c2ccncc2NC(=O)c2ccc3sc(C4CC4)nc3n2)C1. The molecular weight excluding hydrogens is 384 g/mol. The molecule has 8 heteroatoms. The van der Waals surface area contributed by atoms with Crippen molar-refractivity contribution in [3.05, 3.63) is 41.3 Å². The monoisotopic (exact) mass is 408 g/mol. The van der Waals surface area contributed by atoms with Gasteiger partial charge in [-0.3, -0.25) is 9.78 Å². The van der Waals surface area contributed by atoms with Crippen molar-refractivity contribution >= 4 is 39.0 Å². The molecule has 1 saturated carbocycles. The first-order valence-corrected chi connectivity index (χ1v) is 10.9. The van der Waals surface area contributed by atoms with Gasteiger partial charge in [0.25, 0.3) is 5.91 Å². The average molecular weight is 409 g/mol. The molecule has 2 atom stereocenters. The normalized spacial score (nSPS) is 22.1. The summed E-state index contributed by atoms with van der Waals surface area (Å²) in [4.78, 5) is 28.5. The van der Waals surface area contributed by atoms with Crippen LogP contribution in [-0.2, 0) is 0 Å². The second-order valence-corrected chi connectivity index (χ2v) is 9.26. The quantitative estimate of drug-likeness (QED) is 0.687. The number of nitrogens with two attached hydrogens (primary N) is 1. The Hall–Kier alpha value is -2.58. The van der Waals surface area contributed by atoms with E-state index in [4.69, 9.17) is 5.73 Å². The van der Waals surface area contributed by atoms with Crippen molar-refractivity contribution in [1.82, 2.24) is 15.0 Å². The van der Waals surface area contributed by atoms with Crippen LogP contribution in [0.5, 0.6) is 0 Å². The zero-order valence-corrected chi connectivity index (χ0v) is 17.2. The van der Waals surface area contributed by atoms with Gasteiger partial charge in [-0.15, -0.1) is 11.3 Å². The molecule has 0 spiro atoms. The third kappa shape index (κ3) is 3.82. The predicted octanol–water partition coefficient (Wildman–Crippen LogP) is 3.39. The molecular formula is C21H24N6OS. The number of pyridine rings is 2. The number of carbonyl (C=O) groups is 1. The van der Waals surface area contributed by atoms with Gasteiger partial charge < -0.3 is 16.0 Å². The standard InChI is InChI=1S/C21H24N6OS/c1-12-8-14(22)11-27(10-12)17-6-7-23-9-16(17)25-20(28)15-4-5-18-19(24-15)26-21(29-18)13-2-3-13/h4-7,9,12-14H,2-3,8,10-11,22H2,1H3,(H,25,28). The summed E-state index contributed by atoms with van der Waals surface area (Å²) in [6.45, 7) is 3.88. The van der Waals surface area contributed by atoms with Crippen molar-refractivity contribution in [1.29, 1.82) is 0 Å². The summed E-state index contributed by atoms with van der Waals surface area (Å²) in [5.74, 6) is 0.837. The number of amides is 1. The Morgan fingerprint density at radius 3 is 2.90 bits per heavy atom. The van der Waals surface area contributed by atoms with E-state index in [-0.39, 0.29) is 11.9 Å². The number of anilines is 2. The molecule has 2 unspecified atom stereocenters. The number of rotatable bonds is 4. The van der Waals surface area contributed by atoms with Gasteiger partial charge in [-0.05, 0) is 43.4 Å². The molecule has 7 nitrogen and oxygen atoms in total. The molecule has 3 aromatic heterocycles. The van der Waals surface area contributed by atoms with E-state index in [1.165, 1.54) is 12.8 Å². The number of hydrogen-bond donors (Lipinski definition) is 2. The molecule has 150 valence electrons. The highest BCUT2D eigenvalue weighted by Gasteiger charge is 2.28. The number of nitrogens with zero attached hydrogens (tertiary/aromatic N) is 4. The highest BCUT2D eigenvalue weighted by molar-refractivity contribution is 7.18. The van der Waals surface area contributed by atoms with Crippen LogP contribution in [0.3, 0.4) is 0 Å². The van der Waals surface area contributed by atoms with E-state index in [0.717, 1.165) is 34.9 Å². The lowest BCUT2D eigenvalue weighted by Crippen LogP contribution is -2.46. The molecule has 3 aromatic rings. The molecule has 4 heterocycles. The number of aromatic nitrogens is 3. The molecule has 2 aliphatic rings. The summed E-state index contributed by atoms with van der Waals surface area (Å²) < 4.78 is 1.03. The van der Waals surface area contributed by atoms with Crippen molar-refractivity contribution in [2.24, 2.45) is 11.7 Å². The van der Waals surface area contributed by atoms with Gasteiger partial charge in [0.2, 0.25) is 0 Å². The third-order valence-electron chi connectivity index (χ3n) is 5.51. The van der Waals surface area contributed by atoms with E-state index < -0.39 is 0 Å². The van der Waals surface area contributed by atoms with E-state index in [2.05, 4.69) is 32.1 Å². The van der Waals surface area contributed by atoms with Crippen LogP contribution in [0, 0.1) is 5.92 Å². The summed E-state index contributed by atoms with van der Waals surface area (Å²) in [7, 11) is 0. The van der Waals surface area contributed by atoms with E-state index in [1.54, 1.807) is 29.8 Å². The Kier molecular flexibility index (Phi) is 4.67. The Labute approximate surface area is 173 Å². The van der Waals surface area contributed by atoms with E-state index in [1.807, 2.05) is 12.1 Å². The van der Waals surface area contributed by atoms with Crippen LogP contribution in [-0.4, -0.2) is 40.0 Å². The van der Waals surface area contributed by atoms with Crippen molar-refractivity contribution in [3.63, 3.8) is 0 Å². The highest BCUT2D eigenvalue weighted by Crippen LogP contribution is 2.43. The number of hydrogen-bond acceptors (Lipinski definition) is 7. The Bertz CT molecular complexity index is 1050. The number of carbonyl (C=O) groups excluding carboxylic acids is 1. The van der Waals surface area contributed by atoms with Crippen LogP contribution in [0.15, 0.2) is 30.6 Å². The Morgan fingerprint density at radius 2 is 2.10 bits per heavy atom. The number of piperidine rings is 1. The predicted molar refractivity (Wildman–Crippen MR) is 116 cm³/mol. The van der Waals surface area contributed by atoms with Crippen molar-refractivity contribution in [3.8, 4) is 0 Å². The summed E-state index contributed by atoms with van der Waals surface area (Å²) in [6.07, 6.45) is 6.86. The fourth-order valence-electron chi connectivity index (χ4n) is 4.01. The molecule has 1 aliphatic heterocycles. The van der Waals surface area contributed by atoms with Crippen LogP contribution in [0.2, 0.25) is 0 Å². The third-order valence-corrected chi connectivity index (χ3v) is 6.68. The highest BCUT2D eigenvalue weighted by atomic mass is 32.1. The van der Waals surface area contributed by atoms with E-state index in [0.29, 0.717) is 28.9 Å². The van der Waals surface area contributed by atoms with Crippen molar-refractivity contribution in [2.45, 2.75) is 38.1 Å². The molecule has 1 saturated heterocycles. The zero-order chi connectivity index (χ0) is 20.0. The van der Waals surface area contributed by atoms with Gasteiger partial charge >= 0.3 is 0 Å². The summed E-state index contributed by atoms with van der Waals surface area (Å²) in [6, 6.07) is 5.77. The van der Waals surface area contributed by atoms with Gasteiger partial charge in [0.15, 0.2) is 5.65 Å². The van der Waals surface area contributed by atoms with E-state index in [9.17, 15) is 4.79 Å². The van der Waals surface area contributed by atoms with Crippen LogP contribution in [0.4, 0.5) is 11.4 Å². The van der Waals surface area contributed by atoms with Crippen molar-refractivity contribution < 1.29 is 4.79 Å². The maximum atomic E-state index is 12.9. The maximum Gasteiger partial charge on any atom is 0.274 e. The summed E-state index contributed by atoms with van der Waals surface area (Å²) in [5, 5.41) is 4.12. The smallest absolute Gasteiger partial charge is 0.274 e. The molecule has 0 radical (unpaired) electrons. The van der Waals surface area contributed by atoms with E-state index >= 15 is 0 Å². The van der Waals surface area contributed by atoms with Crippen LogP contribution in [0.25, 0.3) is 10.3 Å². The fraction of sp³-hybridized carbons (Fsp3) is 0.429. The lowest BCUT2D eigenvalue weighted by molar-refractivity contribution is 0.102. The first kappa shape index (κ1) is 18.4. The molecule has 3 N–H and O–H groups in total. The average Bonchev–Trinajstić information content (AvgIpc) is 3.46. The summed E-state index contributed by atoms with van der Waals surface area (Å²) in [5.41, 5.74) is 8.86. The summed E-state index contributed by atoms with van der Waals surface area (Å²) >= 11 is 1.68. The molecule has 1 amide bonds. The molecule has 0 bridgehead atoms. The molecule has 2 fully saturated rings. The minimum atomic E-state index is -0.253. The van der Waals surface area contributed by atoms with Crippen LogP contribution >= 0.6 is 11.3 Å². The zero-order valence-electron chi connectivity index (χ0n) is 16.3. The second kappa shape index (κ2) is 7.35. The van der Waals surface area contributed by atoms with Gasteiger partial charge in [-0.25, -0.2) is 9.97 Å². The van der Waals surface area contributed by atoms with Crippen LogP contribution < -0.4 is 16.0 Å². The first-order valence-electron chi connectivity index (χ1n) is 10.1. The largest absolute Gasteiger partial charge is 0.368 e. The van der Waals surface area contributed by atoms with Gasteiger partial charge in [-0.1, -0.05) is 6.92 Å². The second-order valence-electron chi connectivity index (χ2n) is 8.20. The molecule has 5 rings (SSSR count). The lowest BCUT2D eigenvalue weighted by atomic mass is 9.96. The first-order chi connectivity index (χ1) is 14.1. The van der Waals surface area contributed by atoms with Crippen LogP contribution in [0.1, 0.15) is 47.6 Å². The minimum Gasteiger partial charge on any atom is -0.368 e. The molecule has 0 aromatic carbocycles. The Balaban J connectivity index is 1.39. The van der Waals surface area contributed by atoms with Gasteiger partial charge in [0, 0.05) is 31.2 Å². The van der Waals surface area contributed by atoms with Gasteiger partial charge in [-0.2, -0.15) is 0 Å². The Morgan fingerprint density at radius 1 is 1.24 bits per heavy atom. The fourth-order valence-corrected chi connectivity index (χ4v) is 5.09. The van der Waals surface area contributed by atoms with Gasteiger partial charge in [0.1, 0.15) is 5.69 Å².